The third kappa shape index (κ3) is 1.34. The van der Waals surface area contributed by atoms with E-state index in [2.05, 4.69) is 0 Å². The Morgan fingerprint density at radius 2 is 2.06 bits per heavy atom. The van der Waals surface area contributed by atoms with E-state index in [1.165, 1.54) is 0 Å². The number of hydrogen-bond acceptors (Lipinski definition) is 5. The zero-order valence-electron chi connectivity index (χ0n) is 9.86. The molecule has 3 aliphatic heterocycles. The first-order valence-electron chi connectivity index (χ1n) is 5.77. The van der Waals surface area contributed by atoms with Gasteiger partial charge < -0.3 is 19.9 Å². The van der Waals surface area contributed by atoms with Gasteiger partial charge in [-0.2, -0.15) is 0 Å². The van der Waals surface area contributed by atoms with Crippen LogP contribution in [-0.4, -0.2) is 43.5 Å². The van der Waals surface area contributed by atoms with Crippen LogP contribution in [0.15, 0.2) is 0 Å². The first-order valence-corrected chi connectivity index (χ1v) is 5.77. The van der Waals surface area contributed by atoms with Crippen LogP contribution < -0.4 is 5.73 Å². The minimum atomic E-state index is -0.485. The number of carbonyl (C=O) groups is 1. The maximum Gasteiger partial charge on any atom is 0.315 e. The molecular weight excluding hydrogens is 246 g/mol. The second kappa shape index (κ2) is 3.82. The highest BCUT2D eigenvalue weighted by Gasteiger charge is 2.80. The van der Waals surface area contributed by atoms with E-state index >= 15 is 0 Å². The zero-order valence-corrected chi connectivity index (χ0v) is 10.7. The van der Waals surface area contributed by atoms with Crippen LogP contribution in [0.5, 0.6) is 0 Å². The van der Waals surface area contributed by atoms with Gasteiger partial charge in [-0.25, -0.2) is 0 Å². The first-order chi connectivity index (χ1) is 7.62. The highest BCUT2D eigenvalue weighted by atomic mass is 35.5. The van der Waals surface area contributed by atoms with Crippen molar-refractivity contribution in [1.82, 2.24) is 0 Å². The molecule has 0 radical (unpaired) electrons. The van der Waals surface area contributed by atoms with Gasteiger partial charge in [-0.1, -0.05) is 0 Å². The molecule has 2 bridgehead atoms. The van der Waals surface area contributed by atoms with Gasteiger partial charge in [0, 0.05) is 6.54 Å². The molecule has 0 atom stereocenters. The number of nitrogens with two attached hydrogens (primary N) is 1. The second-order valence-electron chi connectivity index (χ2n) is 5.13. The van der Waals surface area contributed by atoms with Crippen LogP contribution in [0.1, 0.15) is 19.8 Å². The maximum absolute atomic E-state index is 12.1. The maximum atomic E-state index is 12.1. The molecule has 0 aromatic rings. The molecule has 0 aromatic heterocycles. The molecule has 3 saturated heterocycles. The molecule has 17 heavy (non-hydrogen) atoms. The summed E-state index contributed by atoms with van der Waals surface area (Å²) < 4.78 is 16.4. The molecule has 1 saturated carbocycles. The van der Waals surface area contributed by atoms with Crippen molar-refractivity contribution in [3.8, 4) is 0 Å². The van der Waals surface area contributed by atoms with E-state index in [4.69, 9.17) is 19.9 Å². The lowest BCUT2D eigenvalue weighted by Gasteiger charge is -2.48. The van der Waals surface area contributed by atoms with E-state index < -0.39 is 11.0 Å². The Labute approximate surface area is 106 Å². The van der Waals surface area contributed by atoms with Gasteiger partial charge in [-0.3, -0.25) is 4.79 Å². The standard InChI is InChI=1S/C11H17NO4.ClH/c1-2-15-8(13)10-3-9(4-10,5-12)16-11(10)6-14-7-11;/h2-7,12H2,1H3;1H. The average Bonchev–Trinajstić information content (AvgIpc) is 2.63. The molecule has 0 unspecified atom stereocenters. The number of rotatable bonds is 3. The SMILES string of the molecule is CCOC(=O)C12CC(CN)(C1)OC21COC1.Cl. The van der Waals surface area contributed by atoms with Crippen LogP contribution in [0.4, 0.5) is 0 Å². The molecule has 0 amide bonds. The summed E-state index contributed by atoms with van der Waals surface area (Å²) in [5.74, 6) is -0.139. The summed E-state index contributed by atoms with van der Waals surface area (Å²) in [5.41, 5.74) is 4.49. The molecule has 4 rings (SSSR count). The molecule has 5 nitrogen and oxygen atoms in total. The molecule has 4 aliphatic rings. The Kier molecular flexibility index (Phi) is 2.94. The molecule has 6 heteroatoms. The number of esters is 1. The van der Waals surface area contributed by atoms with Gasteiger partial charge in [0.15, 0.2) is 0 Å². The Bertz CT molecular complexity index is 336. The normalized spacial score (nSPS) is 40.1. The highest BCUT2D eigenvalue weighted by Crippen LogP contribution is 2.68. The van der Waals surface area contributed by atoms with E-state index in [0.717, 1.165) is 0 Å². The molecular formula is C11H18ClNO4. The summed E-state index contributed by atoms with van der Waals surface area (Å²) in [5, 5.41) is 0. The minimum absolute atomic E-state index is 0. The fourth-order valence-electron chi connectivity index (χ4n) is 3.36. The average molecular weight is 264 g/mol. The van der Waals surface area contributed by atoms with Gasteiger partial charge in [0.05, 0.1) is 25.4 Å². The first kappa shape index (κ1) is 13.1. The van der Waals surface area contributed by atoms with Crippen molar-refractivity contribution in [1.29, 1.82) is 0 Å². The van der Waals surface area contributed by atoms with Crippen molar-refractivity contribution in [2.75, 3.05) is 26.4 Å². The smallest absolute Gasteiger partial charge is 0.315 e. The van der Waals surface area contributed by atoms with Crippen LogP contribution in [-0.2, 0) is 19.0 Å². The summed E-state index contributed by atoms with van der Waals surface area (Å²) >= 11 is 0. The third-order valence-electron chi connectivity index (χ3n) is 4.24. The van der Waals surface area contributed by atoms with Crippen molar-refractivity contribution in [2.24, 2.45) is 11.1 Å². The molecule has 1 aliphatic carbocycles. The number of hydrogen-bond donors (Lipinski definition) is 1. The predicted octanol–water partition coefficient (Wildman–Crippen LogP) is 0.248. The molecule has 2 N–H and O–H groups in total. The summed E-state index contributed by atoms with van der Waals surface area (Å²) in [6.45, 7) is 3.69. The van der Waals surface area contributed by atoms with Gasteiger partial charge >= 0.3 is 5.97 Å². The monoisotopic (exact) mass is 263 g/mol. The Hall–Kier alpha value is -0.360. The van der Waals surface area contributed by atoms with Crippen LogP contribution in [0.2, 0.25) is 0 Å². The summed E-state index contributed by atoms with van der Waals surface area (Å²) in [4.78, 5) is 12.1. The predicted molar refractivity (Wildman–Crippen MR) is 62.0 cm³/mol. The molecule has 4 fully saturated rings. The van der Waals surface area contributed by atoms with Crippen molar-refractivity contribution in [3.63, 3.8) is 0 Å². The fourth-order valence-corrected chi connectivity index (χ4v) is 3.36. The Morgan fingerprint density at radius 3 is 2.47 bits per heavy atom. The molecule has 0 aromatic carbocycles. The van der Waals surface area contributed by atoms with Gasteiger partial charge in [-0.05, 0) is 19.8 Å². The van der Waals surface area contributed by atoms with Crippen LogP contribution in [0, 0.1) is 5.41 Å². The van der Waals surface area contributed by atoms with E-state index in [0.29, 0.717) is 39.2 Å². The van der Waals surface area contributed by atoms with Crippen LogP contribution in [0.25, 0.3) is 0 Å². The third-order valence-corrected chi connectivity index (χ3v) is 4.24. The van der Waals surface area contributed by atoms with Crippen molar-refractivity contribution in [3.05, 3.63) is 0 Å². The van der Waals surface area contributed by atoms with Crippen LogP contribution in [0.3, 0.4) is 0 Å². The van der Waals surface area contributed by atoms with Crippen molar-refractivity contribution >= 4 is 18.4 Å². The van der Waals surface area contributed by atoms with Gasteiger partial charge in [0.2, 0.25) is 0 Å². The molecule has 1 spiro atoms. The number of ether oxygens (including phenoxy) is 3. The Balaban J connectivity index is 0.00000108. The zero-order chi connectivity index (χ0) is 11.4. The van der Waals surface area contributed by atoms with E-state index in [-0.39, 0.29) is 24.0 Å². The van der Waals surface area contributed by atoms with Crippen molar-refractivity contribution < 1.29 is 19.0 Å². The van der Waals surface area contributed by atoms with E-state index in [1.807, 2.05) is 6.92 Å². The van der Waals surface area contributed by atoms with E-state index in [1.54, 1.807) is 0 Å². The van der Waals surface area contributed by atoms with Crippen molar-refractivity contribution in [2.45, 2.75) is 31.0 Å². The lowest BCUT2D eigenvalue weighted by Crippen LogP contribution is -2.63. The number of carbonyl (C=O) groups excluding carboxylic acids is 1. The molecule has 98 valence electrons. The Morgan fingerprint density at radius 1 is 1.41 bits per heavy atom. The van der Waals surface area contributed by atoms with Crippen LogP contribution >= 0.6 is 12.4 Å². The summed E-state index contributed by atoms with van der Waals surface area (Å²) in [6.07, 6.45) is 1.39. The topological polar surface area (TPSA) is 70.8 Å². The summed E-state index contributed by atoms with van der Waals surface area (Å²) in [6, 6.07) is 0. The lowest BCUT2D eigenvalue weighted by atomic mass is 9.55. The fraction of sp³-hybridized carbons (Fsp3) is 0.909. The van der Waals surface area contributed by atoms with Gasteiger partial charge in [0.25, 0.3) is 0 Å². The largest absolute Gasteiger partial charge is 0.465 e. The summed E-state index contributed by atoms with van der Waals surface area (Å²) in [7, 11) is 0. The lowest BCUT2D eigenvalue weighted by molar-refractivity contribution is -0.220. The second-order valence-corrected chi connectivity index (χ2v) is 5.13. The van der Waals surface area contributed by atoms with Gasteiger partial charge in [0.1, 0.15) is 11.0 Å². The molecule has 3 heterocycles. The highest BCUT2D eigenvalue weighted by molar-refractivity contribution is 5.85. The minimum Gasteiger partial charge on any atom is -0.465 e. The quantitative estimate of drug-likeness (QED) is 0.739. The number of halogens is 1. The van der Waals surface area contributed by atoms with E-state index in [9.17, 15) is 4.79 Å². The van der Waals surface area contributed by atoms with Gasteiger partial charge in [-0.15, -0.1) is 12.4 Å².